The van der Waals surface area contributed by atoms with E-state index in [0.717, 1.165) is 17.0 Å². The number of thiophene rings is 1. The normalized spacial score (nSPS) is 14.8. The molecule has 1 aromatic carbocycles. The van der Waals surface area contributed by atoms with Crippen LogP contribution in [0.3, 0.4) is 0 Å². The van der Waals surface area contributed by atoms with Crippen LogP contribution in [0.4, 0.5) is 5.69 Å². The summed E-state index contributed by atoms with van der Waals surface area (Å²) < 4.78 is 1.38. The van der Waals surface area contributed by atoms with E-state index in [1.165, 1.54) is 22.2 Å². The van der Waals surface area contributed by atoms with E-state index >= 15 is 0 Å². The fourth-order valence-corrected chi connectivity index (χ4v) is 4.62. The number of fused-ring (bicyclic) bond motifs is 1. The van der Waals surface area contributed by atoms with Gasteiger partial charge in [-0.2, -0.15) is 0 Å². The summed E-state index contributed by atoms with van der Waals surface area (Å²) in [6.07, 6.45) is 3.53. The Kier molecular flexibility index (Phi) is 5.94. The third kappa shape index (κ3) is 4.28. The molecular formula is C22H24N4O3S. The van der Waals surface area contributed by atoms with Crippen LogP contribution in [-0.4, -0.2) is 39.4 Å². The highest BCUT2D eigenvalue weighted by molar-refractivity contribution is 7.18. The Morgan fingerprint density at radius 2 is 1.93 bits per heavy atom. The number of amides is 2. The summed E-state index contributed by atoms with van der Waals surface area (Å²) in [5.41, 5.74) is 0.601. The summed E-state index contributed by atoms with van der Waals surface area (Å²) in [7, 11) is 0. The number of aromatic nitrogens is 2. The molecule has 1 fully saturated rings. The lowest BCUT2D eigenvalue weighted by atomic mass is 9.95. The molecule has 1 N–H and O–H groups in total. The van der Waals surface area contributed by atoms with Crippen molar-refractivity contribution in [2.75, 3.05) is 18.4 Å². The first-order valence-electron chi connectivity index (χ1n) is 10.2. The SMILES string of the molecule is CCc1cc2c(=O)n(CC(=O)N3CCC(C(=O)Nc4ccccc4)CC3)cnc2s1. The first-order chi connectivity index (χ1) is 14.5. The molecule has 2 aromatic heterocycles. The molecule has 3 aromatic rings. The number of nitrogens with zero attached hydrogens (tertiary/aromatic N) is 3. The van der Waals surface area contributed by atoms with Crippen molar-refractivity contribution in [3.8, 4) is 0 Å². The first kappa shape index (κ1) is 20.3. The van der Waals surface area contributed by atoms with Crippen molar-refractivity contribution in [3.63, 3.8) is 0 Å². The molecule has 3 heterocycles. The Hall–Kier alpha value is -3.00. The van der Waals surface area contributed by atoms with E-state index in [1.54, 1.807) is 4.90 Å². The Morgan fingerprint density at radius 3 is 2.63 bits per heavy atom. The van der Waals surface area contributed by atoms with Gasteiger partial charge in [0.1, 0.15) is 11.4 Å². The summed E-state index contributed by atoms with van der Waals surface area (Å²) in [6.45, 7) is 3.03. The number of carbonyl (C=O) groups is 2. The summed E-state index contributed by atoms with van der Waals surface area (Å²) >= 11 is 1.51. The van der Waals surface area contributed by atoms with E-state index in [-0.39, 0.29) is 29.8 Å². The lowest BCUT2D eigenvalue weighted by molar-refractivity contribution is -0.135. The van der Waals surface area contributed by atoms with Gasteiger partial charge in [-0.15, -0.1) is 11.3 Å². The molecule has 1 saturated heterocycles. The predicted molar refractivity (Wildman–Crippen MR) is 118 cm³/mol. The van der Waals surface area contributed by atoms with Crippen molar-refractivity contribution in [1.29, 1.82) is 0 Å². The monoisotopic (exact) mass is 424 g/mol. The molecule has 0 spiro atoms. The highest BCUT2D eigenvalue weighted by Crippen LogP contribution is 2.22. The Bertz CT molecular complexity index is 1110. The molecule has 0 atom stereocenters. The molecular weight excluding hydrogens is 400 g/mol. The number of para-hydroxylation sites is 1. The second kappa shape index (κ2) is 8.79. The zero-order valence-electron chi connectivity index (χ0n) is 16.8. The standard InChI is InChI=1S/C22H24N4O3S/c1-2-17-12-18-21(30-17)23-14-26(22(18)29)13-19(27)25-10-8-15(9-11-25)20(28)24-16-6-4-3-5-7-16/h3-7,12,14-15H,2,8-11,13H2,1H3,(H,24,28). The number of piperidine rings is 1. The molecule has 0 bridgehead atoms. The average molecular weight is 425 g/mol. The summed E-state index contributed by atoms with van der Waals surface area (Å²) in [4.78, 5) is 45.8. The molecule has 2 amide bonds. The molecule has 4 rings (SSSR count). The van der Waals surface area contributed by atoms with Gasteiger partial charge in [0.2, 0.25) is 11.8 Å². The molecule has 156 valence electrons. The van der Waals surface area contributed by atoms with E-state index < -0.39 is 0 Å². The maximum Gasteiger partial charge on any atom is 0.262 e. The Morgan fingerprint density at radius 1 is 1.20 bits per heavy atom. The third-order valence-corrected chi connectivity index (χ3v) is 6.67. The topological polar surface area (TPSA) is 84.3 Å². The van der Waals surface area contributed by atoms with Crippen LogP contribution in [0.25, 0.3) is 10.2 Å². The third-order valence-electron chi connectivity index (χ3n) is 5.48. The maximum absolute atomic E-state index is 12.7. The summed E-state index contributed by atoms with van der Waals surface area (Å²) in [5.74, 6) is -0.247. The number of benzene rings is 1. The molecule has 8 heteroatoms. The van der Waals surface area contributed by atoms with E-state index in [9.17, 15) is 14.4 Å². The molecule has 1 aliphatic rings. The van der Waals surface area contributed by atoms with Crippen molar-refractivity contribution >= 4 is 39.1 Å². The predicted octanol–water partition coefficient (Wildman–Crippen LogP) is 2.90. The number of nitrogens with one attached hydrogen (secondary N) is 1. The van der Waals surface area contributed by atoms with Gasteiger partial charge in [-0.1, -0.05) is 25.1 Å². The van der Waals surface area contributed by atoms with E-state index in [2.05, 4.69) is 10.3 Å². The number of rotatable bonds is 5. The minimum atomic E-state index is -0.179. The van der Waals surface area contributed by atoms with Gasteiger partial charge in [0.25, 0.3) is 5.56 Å². The van der Waals surface area contributed by atoms with Gasteiger partial charge < -0.3 is 10.2 Å². The molecule has 0 aliphatic carbocycles. The van der Waals surface area contributed by atoms with Crippen LogP contribution < -0.4 is 10.9 Å². The number of hydrogen-bond donors (Lipinski definition) is 1. The van der Waals surface area contributed by atoms with E-state index in [0.29, 0.717) is 36.1 Å². The second-order valence-corrected chi connectivity index (χ2v) is 8.59. The molecule has 30 heavy (non-hydrogen) atoms. The van der Waals surface area contributed by atoms with Gasteiger partial charge in [-0.25, -0.2) is 4.98 Å². The van der Waals surface area contributed by atoms with Gasteiger partial charge >= 0.3 is 0 Å². The zero-order chi connectivity index (χ0) is 21.1. The minimum absolute atomic E-state index is 0.0108. The van der Waals surface area contributed by atoms with Crippen LogP contribution in [0.5, 0.6) is 0 Å². The van der Waals surface area contributed by atoms with Crippen molar-refractivity contribution < 1.29 is 9.59 Å². The second-order valence-electron chi connectivity index (χ2n) is 7.47. The lowest BCUT2D eigenvalue weighted by Gasteiger charge is -2.31. The van der Waals surface area contributed by atoms with Crippen molar-refractivity contribution in [2.45, 2.75) is 32.7 Å². The lowest BCUT2D eigenvalue weighted by Crippen LogP contribution is -2.43. The van der Waals surface area contributed by atoms with Crippen molar-refractivity contribution in [2.24, 2.45) is 5.92 Å². The quantitative estimate of drug-likeness (QED) is 0.683. The molecule has 1 aliphatic heterocycles. The smallest absolute Gasteiger partial charge is 0.262 e. The Labute approximate surface area is 178 Å². The van der Waals surface area contributed by atoms with Gasteiger partial charge in [-0.3, -0.25) is 19.0 Å². The number of hydrogen-bond acceptors (Lipinski definition) is 5. The minimum Gasteiger partial charge on any atom is -0.341 e. The zero-order valence-corrected chi connectivity index (χ0v) is 17.7. The fourth-order valence-electron chi connectivity index (χ4n) is 3.70. The fraction of sp³-hybridized carbons (Fsp3) is 0.364. The highest BCUT2D eigenvalue weighted by atomic mass is 32.1. The summed E-state index contributed by atoms with van der Waals surface area (Å²) in [5, 5.41) is 3.50. The van der Waals surface area contributed by atoms with Crippen LogP contribution in [0.15, 0.2) is 47.5 Å². The largest absolute Gasteiger partial charge is 0.341 e. The molecule has 0 radical (unpaired) electrons. The number of aryl methyl sites for hydroxylation is 1. The van der Waals surface area contributed by atoms with Crippen molar-refractivity contribution in [1.82, 2.24) is 14.5 Å². The van der Waals surface area contributed by atoms with Crippen LogP contribution in [0.2, 0.25) is 0 Å². The van der Waals surface area contributed by atoms with Gasteiger partial charge in [0.15, 0.2) is 0 Å². The Balaban J connectivity index is 1.35. The van der Waals surface area contributed by atoms with Crippen LogP contribution in [0.1, 0.15) is 24.6 Å². The first-order valence-corrected chi connectivity index (χ1v) is 11.0. The van der Waals surface area contributed by atoms with Gasteiger partial charge in [0.05, 0.1) is 11.7 Å². The average Bonchev–Trinajstić information content (AvgIpc) is 3.21. The van der Waals surface area contributed by atoms with E-state index in [4.69, 9.17) is 0 Å². The number of carbonyl (C=O) groups excluding carboxylic acids is 2. The molecule has 0 unspecified atom stereocenters. The van der Waals surface area contributed by atoms with Gasteiger partial charge in [0, 0.05) is 29.6 Å². The molecule has 7 nitrogen and oxygen atoms in total. The number of anilines is 1. The van der Waals surface area contributed by atoms with E-state index in [1.807, 2.05) is 43.3 Å². The molecule has 0 saturated carbocycles. The maximum atomic E-state index is 12.7. The number of likely N-dealkylation sites (tertiary alicyclic amines) is 1. The van der Waals surface area contributed by atoms with Crippen LogP contribution in [0, 0.1) is 5.92 Å². The van der Waals surface area contributed by atoms with Crippen LogP contribution >= 0.6 is 11.3 Å². The van der Waals surface area contributed by atoms with Crippen molar-refractivity contribution in [3.05, 3.63) is 58.0 Å². The summed E-state index contributed by atoms with van der Waals surface area (Å²) in [6, 6.07) is 11.2. The van der Waals surface area contributed by atoms with Gasteiger partial charge in [-0.05, 0) is 37.5 Å². The highest BCUT2D eigenvalue weighted by Gasteiger charge is 2.27. The van der Waals surface area contributed by atoms with Crippen LogP contribution in [-0.2, 0) is 22.6 Å².